The molecule has 0 aromatic heterocycles. The van der Waals surface area contributed by atoms with Crippen LogP contribution in [-0.2, 0) is 17.9 Å². The van der Waals surface area contributed by atoms with Gasteiger partial charge in [-0.3, -0.25) is 14.6 Å². The first-order valence-corrected chi connectivity index (χ1v) is 9.19. The molecule has 5 heteroatoms. The zero-order valence-corrected chi connectivity index (χ0v) is 15.0. The maximum atomic E-state index is 13.6. The molecule has 4 nitrogen and oxygen atoms in total. The summed E-state index contributed by atoms with van der Waals surface area (Å²) in [6.45, 7) is 5.34. The van der Waals surface area contributed by atoms with Crippen LogP contribution < -0.4 is 5.32 Å². The lowest BCUT2D eigenvalue weighted by Crippen LogP contribution is -2.39. The number of nitrogens with zero attached hydrogens (tertiary/aromatic N) is 2. The minimum atomic E-state index is -0.279. The molecule has 138 valence electrons. The van der Waals surface area contributed by atoms with Gasteiger partial charge in [0.2, 0.25) is 5.91 Å². The van der Waals surface area contributed by atoms with Gasteiger partial charge in [-0.2, -0.15) is 0 Å². The summed E-state index contributed by atoms with van der Waals surface area (Å²) in [5.41, 5.74) is 1.84. The molecule has 1 fully saturated rings. The van der Waals surface area contributed by atoms with Crippen LogP contribution >= 0.6 is 0 Å². The third kappa shape index (κ3) is 5.64. The number of rotatable bonds is 6. The van der Waals surface area contributed by atoms with Crippen molar-refractivity contribution < 1.29 is 9.18 Å². The number of carbonyl (C=O) groups is 1. The number of amides is 1. The minimum Gasteiger partial charge on any atom is -0.351 e. The van der Waals surface area contributed by atoms with Crippen LogP contribution in [0.5, 0.6) is 0 Å². The molecule has 0 saturated carbocycles. The third-order valence-corrected chi connectivity index (χ3v) is 4.73. The summed E-state index contributed by atoms with van der Waals surface area (Å²) in [6, 6.07) is 17.0. The van der Waals surface area contributed by atoms with Crippen LogP contribution in [-0.4, -0.2) is 48.4 Å². The maximum absolute atomic E-state index is 13.6. The Hall–Kier alpha value is -2.24. The Kier molecular flexibility index (Phi) is 6.75. The monoisotopic (exact) mass is 355 g/mol. The highest BCUT2D eigenvalue weighted by Gasteiger charge is 2.17. The van der Waals surface area contributed by atoms with Crippen LogP contribution in [0, 0.1) is 5.82 Å². The Balaban J connectivity index is 1.42. The lowest BCUT2D eigenvalue weighted by molar-refractivity contribution is -0.122. The van der Waals surface area contributed by atoms with Crippen molar-refractivity contribution in [1.82, 2.24) is 15.1 Å². The van der Waals surface area contributed by atoms with Crippen LogP contribution in [0.25, 0.3) is 0 Å². The van der Waals surface area contributed by atoms with Gasteiger partial charge >= 0.3 is 0 Å². The fraction of sp³-hybridized carbons (Fsp3) is 0.381. The van der Waals surface area contributed by atoms with Crippen molar-refractivity contribution in [2.45, 2.75) is 19.5 Å². The van der Waals surface area contributed by atoms with Gasteiger partial charge in [0.25, 0.3) is 0 Å². The van der Waals surface area contributed by atoms with Crippen molar-refractivity contribution in [3.8, 4) is 0 Å². The van der Waals surface area contributed by atoms with Crippen LogP contribution in [0.1, 0.15) is 17.5 Å². The molecular weight excluding hydrogens is 329 g/mol. The number of benzene rings is 2. The maximum Gasteiger partial charge on any atom is 0.234 e. The lowest BCUT2D eigenvalue weighted by Gasteiger charge is -2.21. The predicted molar refractivity (Wildman–Crippen MR) is 101 cm³/mol. The average Bonchev–Trinajstić information content (AvgIpc) is 2.87. The zero-order chi connectivity index (χ0) is 18.2. The summed E-state index contributed by atoms with van der Waals surface area (Å²) in [5, 5.41) is 2.82. The molecule has 0 atom stereocenters. The second-order valence-electron chi connectivity index (χ2n) is 6.76. The SMILES string of the molecule is O=C(CN1CCCN(Cc2ccccc2)CC1)NCc1ccccc1F. The molecule has 1 aliphatic rings. The Morgan fingerprint density at radius 3 is 2.42 bits per heavy atom. The molecule has 2 aromatic carbocycles. The Morgan fingerprint density at radius 2 is 1.62 bits per heavy atom. The summed E-state index contributed by atoms with van der Waals surface area (Å²) in [7, 11) is 0. The summed E-state index contributed by atoms with van der Waals surface area (Å²) in [4.78, 5) is 16.8. The van der Waals surface area contributed by atoms with Gasteiger partial charge in [0.05, 0.1) is 6.54 Å². The smallest absolute Gasteiger partial charge is 0.234 e. The molecule has 1 amide bonds. The molecule has 1 heterocycles. The molecule has 0 spiro atoms. The summed E-state index contributed by atoms with van der Waals surface area (Å²) in [5.74, 6) is -0.330. The first-order chi connectivity index (χ1) is 12.7. The zero-order valence-electron chi connectivity index (χ0n) is 15.0. The van der Waals surface area contributed by atoms with E-state index in [1.54, 1.807) is 18.2 Å². The van der Waals surface area contributed by atoms with Crippen LogP contribution in [0.4, 0.5) is 4.39 Å². The van der Waals surface area contributed by atoms with Crippen molar-refractivity contribution in [2.24, 2.45) is 0 Å². The van der Waals surface area contributed by atoms with Gasteiger partial charge in [0.15, 0.2) is 0 Å². The molecule has 2 aromatic rings. The van der Waals surface area contributed by atoms with Crippen molar-refractivity contribution in [2.75, 3.05) is 32.7 Å². The number of hydrogen-bond acceptors (Lipinski definition) is 3. The molecule has 3 rings (SSSR count). The van der Waals surface area contributed by atoms with E-state index in [9.17, 15) is 9.18 Å². The summed E-state index contributed by atoms with van der Waals surface area (Å²) >= 11 is 0. The highest BCUT2D eigenvalue weighted by Crippen LogP contribution is 2.09. The van der Waals surface area contributed by atoms with Gasteiger partial charge in [0.1, 0.15) is 5.82 Å². The highest BCUT2D eigenvalue weighted by atomic mass is 19.1. The van der Waals surface area contributed by atoms with Gasteiger partial charge in [0, 0.05) is 31.7 Å². The third-order valence-electron chi connectivity index (χ3n) is 4.73. The second-order valence-corrected chi connectivity index (χ2v) is 6.76. The largest absolute Gasteiger partial charge is 0.351 e. The lowest BCUT2D eigenvalue weighted by atomic mass is 10.2. The minimum absolute atomic E-state index is 0.0511. The summed E-state index contributed by atoms with van der Waals surface area (Å²) in [6.07, 6.45) is 1.05. The van der Waals surface area contributed by atoms with E-state index in [1.165, 1.54) is 11.6 Å². The quantitative estimate of drug-likeness (QED) is 0.865. The van der Waals surface area contributed by atoms with Gasteiger partial charge in [-0.25, -0.2) is 4.39 Å². The second kappa shape index (κ2) is 9.46. The van der Waals surface area contributed by atoms with Crippen molar-refractivity contribution in [3.05, 3.63) is 71.5 Å². The molecule has 1 N–H and O–H groups in total. The van der Waals surface area contributed by atoms with Crippen molar-refractivity contribution in [1.29, 1.82) is 0 Å². The summed E-state index contributed by atoms with van der Waals surface area (Å²) < 4.78 is 13.6. The number of nitrogens with one attached hydrogen (secondary N) is 1. The van der Waals surface area contributed by atoms with Crippen molar-refractivity contribution >= 4 is 5.91 Å². The molecule has 1 saturated heterocycles. The molecule has 26 heavy (non-hydrogen) atoms. The molecule has 1 aliphatic heterocycles. The number of halogens is 1. The normalized spacial score (nSPS) is 16.2. The fourth-order valence-corrected chi connectivity index (χ4v) is 3.28. The molecule has 0 unspecified atom stereocenters. The van der Waals surface area contributed by atoms with Gasteiger partial charge in [-0.05, 0) is 31.1 Å². The van der Waals surface area contributed by atoms with Crippen LogP contribution in [0.15, 0.2) is 54.6 Å². The molecule has 0 bridgehead atoms. The van der Waals surface area contributed by atoms with Gasteiger partial charge in [-0.1, -0.05) is 48.5 Å². The molecular formula is C21H26FN3O. The highest BCUT2D eigenvalue weighted by molar-refractivity contribution is 5.78. The average molecular weight is 355 g/mol. The van der Waals surface area contributed by atoms with E-state index in [0.29, 0.717) is 12.1 Å². The van der Waals surface area contributed by atoms with Gasteiger partial charge < -0.3 is 5.32 Å². The van der Waals surface area contributed by atoms with E-state index in [2.05, 4.69) is 39.4 Å². The van der Waals surface area contributed by atoms with Gasteiger partial charge in [-0.15, -0.1) is 0 Å². The standard InChI is InChI=1S/C21H26FN3O/c22-20-10-5-4-9-19(20)15-23-21(26)17-25-12-6-11-24(13-14-25)16-18-7-2-1-3-8-18/h1-5,7-10H,6,11-17H2,(H,23,26). The van der Waals surface area contributed by atoms with E-state index < -0.39 is 0 Å². The Morgan fingerprint density at radius 1 is 0.923 bits per heavy atom. The van der Waals surface area contributed by atoms with Crippen molar-refractivity contribution in [3.63, 3.8) is 0 Å². The molecule has 0 aliphatic carbocycles. The Labute approximate surface area is 154 Å². The van der Waals surface area contributed by atoms with E-state index in [-0.39, 0.29) is 18.3 Å². The van der Waals surface area contributed by atoms with E-state index in [1.807, 2.05) is 6.07 Å². The fourth-order valence-electron chi connectivity index (χ4n) is 3.28. The van der Waals surface area contributed by atoms with Crippen LogP contribution in [0.3, 0.4) is 0 Å². The predicted octanol–water partition coefficient (Wildman–Crippen LogP) is 2.65. The van der Waals surface area contributed by atoms with E-state index in [4.69, 9.17) is 0 Å². The topological polar surface area (TPSA) is 35.6 Å². The first-order valence-electron chi connectivity index (χ1n) is 9.19. The number of carbonyl (C=O) groups excluding carboxylic acids is 1. The van der Waals surface area contributed by atoms with Crippen LogP contribution in [0.2, 0.25) is 0 Å². The van der Waals surface area contributed by atoms with E-state index >= 15 is 0 Å². The Bertz CT molecular complexity index is 707. The number of hydrogen-bond donors (Lipinski definition) is 1. The first kappa shape index (κ1) is 18.5. The van der Waals surface area contributed by atoms with E-state index in [0.717, 1.165) is 39.1 Å². The molecule has 0 radical (unpaired) electrons.